The molecule has 0 aliphatic rings. The van der Waals surface area contributed by atoms with Crippen LogP contribution in [-0.2, 0) is 0 Å². The molecule has 0 aromatic rings. The lowest BCUT2D eigenvalue weighted by atomic mass is 8.16. The van der Waals surface area contributed by atoms with Crippen molar-refractivity contribution in [1.29, 1.82) is 0 Å². The van der Waals surface area contributed by atoms with Gasteiger partial charge in [0.15, 0.2) is 0 Å². The Morgan fingerprint density at radius 3 is 0.127 bits per heavy atom. The molecular weight excluding hydrogens is 1540 g/mol. The zero-order chi connectivity index (χ0) is 112. The van der Waals surface area contributed by atoms with Gasteiger partial charge in [-0.25, -0.2) is 0 Å². The van der Waals surface area contributed by atoms with Gasteiger partial charge in [-0.2, -0.15) is 0 Å². The third kappa shape index (κ3) is 40.3. The SMILES string of the molecule is [B]B([B])B(B([B])[B])B(B(B([B])[B])B([B])[B])B(B(B(B([B])[B])B([B])[B])B(B([B])[B])B([B])[B])B(B(B(B(B([B])[B])B([B])[B])B(B([B])[B])B([B])[B])B(B(B([B])[B])B([B])[B])B(B([B])[B])B([B])[B])B(B(B(B(B([B])[B])B([B])[B])B(B([B])[B])B([B])[B])B(B(B([B])[B])B([B])[B])B(B([B])[B])B([B])[B])B(B(B(B([B])[B])B([B])[B])B(B([B])[B])B([B])[B])B(B(B(B([B])[B])B([B])[B])B(B([B])[B])B([B])[B])B(B(B([B])[B])B([B])[B])B(B([B])[B])B([B-])[B-]. The van der Waals surface area contributed by atoms with Crippen molar-refractivity contribution in [2.75, 3.05) is 0 Å². The van der Waals surface area contributed by atoms with Gasteiger partial charge in [-0.1, -0.05) is 6.39 Å². The molecule has 0 fully saturated rings. The lowest BCUT2D eigenvalue weighted by Gasteiger charge is -2.66. The van der Waals surface area contributed by atoms with Gasteiger partial charge >= 0.3 is 0 Å². The van der Waals surface area contributed by atoms with E-state index in [0.717, 1.165) is 0 Å². The van der Waals surface area contributed by atoms with Gasteiger partial charge in [0.1, 0.15) is 0 Å². The van der Waals surface area contributed by atoms with Crippen molar-refractivity contribution in [3.8, 4) is 0 Å². The minimum absolute atomic E-state index is 2.17. The Hall–Kier alpha value is 9.22. The maximum absolute atomic E-state index is 7.66. The first-order chi connectivity index (χ1) is 64.6. The molecule has 0 aliphatic heterocycles. The maximum atomic E-state index is 7.66. The van der Waals surface area contributed by atoms with E-state index in [1.807, 2.05) is 0 Å². The molecule has 146 radical (unpaired) electrons. The molecule has 428 valence electrons. The molecule has 0 rings (SSSR count). The molecule has 0 aliphatic carbocycles. The molecule has 0 atom stereocenters. The van der Waals surface area contributed by atoms with Gasteiger partial charge in [0.2, 0.25) is 0 Å². The Morgan fingerprint density at radius 1 is 0.0563 bits per heavy atom. The highest BCUT2D eigenvalue weighted by molar-refractivity contribution is 8.48. The first-order valence-corrected chi connectivity index (χ1v) is 47.0. The summed E-state index contributed by atoms with van der Waals surface area (Å²) in [6, 6.07) is 0. The third-order valence-corrected chi connectivity index (χ3v) is 30.7. The van der Waals surface area contributed by atoms with Gasteiger partial charge in [0, 0.05) is 474 Å². The number of hydrogen-bond donors (Lipinski definition) is 0. The van der Waals surface area contributed by atoms with Gasteiger partial charge in [0.05, 0.1) is 0 Å². The normalized spacial score (nSPS) is 9.90. The van der Waals surface area contributed by atoms with Crippen molar-refractivity contribution >= 4 is 1000 Å². The van der Waals surface area contributed by atoms with E-state index in [0.29, 0.717) is 0 Å². The first kappa shape index (κ1) is 151. The molecule has 142 heteroatoms. The van der Waals surface area contributed by atoms with Crippen LogP contribution < -0.4 is 0 Å². The summed E-state index contributed by atoms with van der Waals surface area (Å²) in [5, 5.41) is 0. The van der Waals surface area contributed by atoms with Crippen molar-refractivity contribution in [2.45, 2.75) is 0 Å². The molecule has 0 saturated heterocycles. The van der Waals surface area contributed by atoms with E-state index in [1.54, 1.807) is 0 Å². The second-order valence-corrected chi connectivity index (χ2v) is 40.4. The second kappa shape index (κ2) is 69.6. The Morgan fingerprint density at radius 2 is 0.0915 bits per heavy atom. The van der Waals surface area contributed by atoms with Crippen LogP contribution in [0.3, 0.4) is 0 Å². The zero-order valence-corrected chi connectivity index (χ0v) is 82.0. The largest absolute Gasteiger partial charge is 0.729 e. The molecule has 0 saturated carbocycles. The van der Waals surface area contributed by atoms with Crippen LogP contribution in [0.5, 0.6) is 0 Å². The lowest BCUT2D eigenvalue weighted by molar-refractivity contribution is 3.10. The summed E-state index contributed by atoms with van der Waals surface area (Å²) < 4.78 is 0. The molecule has 0 amide bonds. The van der Waals surface area contributed by atoms with E-state index in [2.05, 4.69) is 0 Å². The Balaban J connectivity index is 18.5. The van der Waals surface area contributed by atoms with E-state index in [9.17, 15) is 0 Å². The fourth-order valence-electron chi connectivity index (χ4n) is 26.2. The molecule has 0 heterocycles. The number of rotatable bonds is 69. The Kier molecular flexibility index (Phi) is 74.1. The van der Waals surface area contributed by atoms with Gasteiger partial charge in [-0.05, 0) is 502 Å². The van der Waals surface area contributed by atoms with Crippen LogP contribution in [0.2, 0.25) is 0 Å². The van der Waals surface area contributed by atoms with Gasteiger partial charge in [0.25, 0.3) is 0 Å². The molecule has 0 nitrogen and oxygen atoms in total. The topological polar surface area (TPSA) is 0 Å². The van der Waals surface area contributed by atoms with Crippen LogP contribution in [0.4, 0.5) is 0 Å². The average Bonchev–Trinajstić information content (AvgIpc) is 0.694. The molecule has 0 unspecified atom stereocenters. The van der Waals surface area contributed by atoms with Crippen LogP contribution in [-0.4, -0.2) is 1000 Å². The highest BCUT2D eigenvalue weighted by Gasteiger charge is 2.73. The van der Waals surface area contributed by atoms with E-state index < -0.39 is 447 Å². The molecule has 0 aromatic heterocycles. The summed E-state index contributed by atoms with van der Waals surface area (Å²) in [4.78, 5) is 0. The zero-order valence-electron chi connectivity index (χ0n) is 82.0. The quantitative estimate of drug-likeness (QED) is 0.0533. The molecule has 0 bridgehead atoms. The van der Waals surface area contributed by atoms with E-state index >= 15 is 0 Å². The van der Waals surface area contributed by atoms with Crippen molar-refractivity contribution < 1.29 is 0 Å². The molecule has 0 aromatic carbocycles. The van der Waals surface area contributed by atoms with Crippen molar-refractivity contribution in [1.82, 2.24) is 0 Å². The molecule has 0 N–H and O–H groups in total. The minimum Gasteiger partial charge on any atom is -0.729 e. The fourth-order valence-corrected chi connectivity index (χ4v) is 26.2. The molecule has 142 heavy (non-hydrogen) atoms. The van der Waals surface area contributed by atoms with E-state index in [4.69, 9.17) is 557 Å². The third-order valence-electron chi connectivity index (χ3n) is 30.7. The smallest absolute Gasteiger partial charge is 0 e. The van der Waals surface area contributed by atoms with Crippen molar-refractivity contribution in [3.63, 3.8) is 0 Å². The van der Waals surface area contributed by atoms with Crippen molar-refractivity contribution in [2.24, 2.45) is 0 Å². The predicted octanol–water partition coefficient (Wildman–Crippen LogP) is -54.1. The monoisotopic (exact) mass is 1560 g/mol. The predicted molar refractivity (Wildman–Crippen MR) is 817 cm³/mol. The highest BCUT2D eigenvalue weighted by atomic mass is 13.5. The van der Waals surface area contributed by atoms with Crippen LogP contribution in [0.25, 0.3) is 0 Å². The lowest BCUT2D eigenvalue weighted by Crippen LogP contribution is -3.03. The number of hydrogen-bond acceptors (Lipinski definition) is 0. The molecular formula is B142-2. The summed E-state index contributed by atoms with van der Waals surface area (Å²) >= 11 is 0. The van der Waals surface area contributed by atoms with Gasteiger partial charge in [-0.3, -0.25) is 0 Å². The van der Waals surface area contributed by atoms with Gasteiger partial charge < -0.3 is 21.9 Å². The fraction of sp³-hybridized carbons (Fsp3) is 0. The summed E-state index contributed by atoms with van der Waals surface area (Å²) in [7, 11) is 544. The highest BCUT2D eigenvalue weighted by Crippen LogP contribution is 2.35. The first-order valence-electron chi connectivity index (χ1n) is 47.0. The summed E-state index contributed by atoms with van der Waals surface area (Å²) in [6.07, 6.45) is -162. The van der Waals surface area contributed by atoms with Crippen molar-refractivity contribution in [3.05, 3.63) is 0 Å². The Bertz CT molecular complexity index is 2450. The summed E-state index contributed by atoms with van der Waals surface area (Å²) in [5.74, 6) is 0. The summed E-state index contributed by atoms with van der Waals surface area (Å²) in [6.45, 7) is 0. The Labute approximate surface area is 992 Å². The minimum atomic E-state index is -3.06. The molecule has 0 spiro atoms. The van der Waals surface area contributed by atoms with Gasteiger partial charge in [-0.15, -0.1) is 0 Å². The van der Waals surface area contributed by atoms with Crippen LogP contribution in [0.15, 0.2) is 0 Å². The van der Waals surface area contributed by atoms with Crippen LogP contribution in [0.1, 0.15) is 0 Å². The van der Waals surface area contributed by atoms with E-state index in [-0.39, 0.29) is 0 Å². The second-order valence-electron chi connectivity index (χ2n) is 40.4. The van der Waals surface area contributed by atoms with E-state index in [1.165, 1.54) is 0 Å². The van der Waals surface area contributed by atoms with Crippen LogP contribution in [0, 0.1) is 0 Å². The average molecular weight is 1540 g/mol. The maximum Gasteiger partial charge on any atom is 0 e. The summed E-state index contributed by atoms with van der Waals surface area (Å²) in [5.41, 5.74) is 0. The standard InChI is InChI=1S/B142/c1-73(2)109(74(3)4)127(110(75(5)6)76(7)8)136(128(111(77(9)10)78(11)12)112(79(13)14)80(15)16)140(135(125(105(65)66)106(67)68)126(107(69)70)108(71)72)142(139(133(121(97(49)50)98(51)52)122(99(53)54)100(55)56)134(123(101(57)58)102(59)60)124(103(61)62)104(63)64)141(137(129(113(81(17)18)82(19)20)114(83(21)22)84(23)24)130(115(85(25)26)86(27)28)116(87(29)30)88(31)32)138(131(117(89(33)34)90(35)36)118(91(37)38)92(39)40)132(119(93(41)42)94(43)44)120(95(45)46)96(47)48/q-2. The van der Waals surface area contributed by atoms with Crippen LogP contribution >= 0.6 is 0 Å².